The third-order valence-electron chi connectivity index (χ3n) is 3.64. The van der Waals surface area contributed by atoms with E-state index in [2.05, 4.69) is 29.6 Å². The van der Waals surface area contributed by atoms with E-state index in [4.69, 9.17) is 0 Å². The van der Waals surface area contributed by atoms with E-state index in [1.54, 1.807) is 16.8 Å². The molecule has 1 N–H and O–H groups in total. The number of fused-ring (bicyclic) bond motifs is 1. The second kappa shape index (κ2) is 8.36. The smallest absolute Gasteiger partial charge is 0.135 e. The van der Waals surface area contributed by atoms with Crippen LogP contribution in [0.2, 0.25) is 0 Å². The van der Waals surface area contributed by atoms with Gasteiger partial charge in [0.2, 0.25) is 0 Å². The van der Waals surface area contributed by atoms with E-state index in [1.807, 2.05) is 0 Å². The standard InChI is InChI=1S/C16H17N2O.B.W/c19-16-3-1-2-9-18(16)10-7-13-4-5-15-12-17-8-6-14(15)11-13;;/h2-5,9,11,17H,6-8,10,12H2;;/q-1;;. The summed E-state index contributed by atoms with van der Waals surface area (Å²) in [5.74, 6) is 0. The van der Waals surface area contributed by atoms with Gasteiger partial charge in [-0.25, -0.2) is 0 Å². The Hall–Kier alpha value is -1.12. The van der Waals surface area contributed by atoms with Gasteiger partial charge in [0, 0.05) is 42.6 Å². The summed E-state index contributed by atoms with van der Waals surface area (Å²) < 4.78 is 1.73. The van der Waals surface area contributed by atoms with Crippen LogP contribution in [0.5, 0.6) is 0 Å². The van der Waals surface area contributed by atoms with E-state index >= 15 is 0 Å². The van der Waals surface area contributed by atoms with Gasteiger partial charge in [-0.2, -0.15) is 12.1 Å². The predicted molar refractivity (Wildman–Crippen MR) is 80.8 cm³/mol. The second-order valence-electron chi connectivity index (χ2n) is 4.94. The summed E-state index contributed by atoms with van der Waals surface area (Å²) >= 11 is 0. The van der Waals surface area contributed by atoms with Gasteiger partial charge in [-0.05, 0) is 36.1 Å². The van der Waals surface area contributed by atoms with Gasteiger partial charge in [-0.15, -0.1) is 12.3 Å². The molecule has 0 unspecified atom stereocenters. The molecule has 1 aliphatic heterocycles. The van der Waals surface area contributed by atoms with Crippen molar-refractivity contribution in [3.63, 3.8) is 0 Å². The Morgan fingerprint density at radius 1 is 1.29 bits per heavy atom. The van der Waals surface area contributed by atoms with Gasteiger partial charge in [-0.1, -0.05) is 18.2 Å². The van der Waals surface area contributed by atoms with Crippen LogP contribution in [0.25, 0.3) is 0 Å². The molecule has 1 aliphatic rings. The van der Waals surface area contributed by atoms with Crippen LogP contribution in [-0.2, 0) is 47.0 Å². The summed E-state index contributed by atoms with van der Waals surface area (Å²) in [6.07, 6.45) is 3.79. The summed E-state index contributed by atoms with van der Waals surface area (Å²) in [5, 5.41) is 3.38. The first-order valence-corrected chi connectivity index (χ1v) is 6.71. The third-order valence-corrected chi connectivity index (χ3v) is 3.64. The molecule has 2 heterocycles. The van der Waals surface area contributed by atoms with Crippen LogP contribution in [0.15, 0.2) is 41.3 Å². The van der Waals surface area contributed by atoms with Crippen molar-refractivity contribution < 1.29 is 21.1 Å². The molecule has 1 aromatic carbocycles. The molecule has 3 rings (SSSR count). The van der Waals surface area contributed by atoms with E-state index in [0.29, 0.717) is 0 Å². The van der Waals surface area contributed by atoms with Crippen molar-refractivity contribution in [1.82, 2.24) is 9.88 Å². The Morgan fingerprint density at radius 2 is 2.14 bits per heavy atom. The molecule has 0 spiro atoms. The summed E-state index contributed by atoms with van der Waals surface area (Å²) in [6, 6.07) is 12.7. The molecule has 0 saturated heterocycles. The van der Waals surface area contributed by atoms with Crippen molar-refractivity contribution >= 4 is 8.41 Å². The number of hydrogen-bond donors (Lipinski definition) is 1. The SMILES string of the molecule is O=c1c[c-]ccn1CCc1ccc2c(c1)CCNC2.[B].[W]. The van der Waals surface area contributed by atoms with Gasteiger partial charge in [-0.3, -0.25) is 0 Å². The zero-order chi connectivity index (χ0) is 13.1. The maximum Gasteiger partial charge on any atom is 0.135 e. The van der Waals surface area contributed by atoms with Gasteiger partial charge in [0.05, 0.1) is 0 Å². The fraction of sp³-hybridized carbons (Fsp3) is 0.312. The maximum atomic E-state index is 11.6. The molecule has 0 fully saturated rings. The van der Waals surface area contributed by atoms with Crippen molar-refractivity contribution in [3.05, 3.63) is 69.6 Å². The molecule has 21 heavy (non-hydrogen) atoms. The van der Waals surface area contributed by atoms with Crippen LogP contribution in [0.4, 0.5) is 0 Å². The first-order valence-electron chi connectivity index (χ1n) is 6.71. The summed E-state index contributed by atoms with van der Waals surface area (Å²) in [5.41, 5.74) is 4.18. The minimum atomic E-state index is 0. The van der Waals surface area contributed by atoms with E-state index in [0.717, 1.165) is 32.5 Å². The second-order valence-corrected chi connectivity index (χ2v) is 4.94. The molecule has 0 saturated carbocycles. The summed E-state index contributed by atoms with van der Waals surface area (Å²) in [6.45, 7) is 2.76. The van der Waals surface area contributed by atoms with Gasteiger partial charge in [0.15, 0.2) is 0 Å². The molecule has 2 aromatic rings. The molecule has 5 heteroatoms. The molecule has 0 aliphatic carbocycles. The van der Waals surface area contributed by atoms with E-state index in [1.165, 1.54) is 22.8 Å². The number of hydrogen-bond acceptors (Lipinski definition) is 2. The first kappa shape index (κ1) is 17.9. The Morgan fingerprint density at radius 3 is 2.95 bits per heavy atom. The Bertz CT molecular complexity index is 642. The zero-order valence-electron chi connectivity index (χ0n) is 11.8. The fourth-order valence-electron chi connectivity index (χ4n) is 2.53. The van der Waals surface area contributed by atoms with E-state index in [9.17, 15) is 4.79 Å². The minimum Gasteiger partial charge on any atom is -0.421 e. The number of pyridine rings is 1. The molecule has 0 atom stereocenters. The van der Waals surface area contributed by atoms with Crippen LogP contribution < -0.4 is 10.9 Å². The topological polar surface area (TPSA) is 34.0 Å². The number of aryl methyl sites for hydroxylation is 2. The van der Waals surface area contributed by atoms with Crippen molar-refractivity contribution in [2.75, 3.05) is 6.54 Å². The Balaban J connectivity index is 0.00000110. The summed E-state index contributed by atoms with van der Waals surface area (Å²) in [4.78, 5) is 11.6. The number of rotatable bonds is 3. The monoisotopic (exact) mass is 448 g/mol. The third kappa shape index (κ3) is 4.42. The van der Waals surface area contributed by atoms with Crippen LogP contribution in [0.3, 0.4) is 0 Å². The van der Waals surface area contributed by atoms with Crippen LogP contribution in [0, 0.1) is 6.07 Å². The molecular formula is C16H17BN2OW-. The van der Waals surface area contributed by atoms with Crippen molar-refractivity contribution in [2.45, 2.75) is 25.9 Å². The van der Waals surface area contributed by atoms with Crippen LogP contribution in [0.1, 0.15) is 16.7 Å². The summed E-state index contributed by atoms with van der Waals surface area (Å²) in [7, 11) is 0. The maximum absolute atomic E-state index is 11.6. The molecule has 0 bridgehead atoms. The Kier molecular flexibility index (Phi) is 7.14. The van der Waals surface area contributed by atoms with Gasteiger partial charge in [0.25, 0.3) is 0 Å². The predicted octanol–water partition coefficient (Wildman–Crippen LogP) is 1.15. The van der Waals surface area contributed by atoms with Crippen LogP contribution in [-0.4, -0.2) is 19.5 Å². The van der Waals surface area contributed by atoms with Gasteiger partial charge >= 0.3 is 0 Å². The largest absolute Gasteiger partial charge is 0.421 e. The first-order chi connectivity index (χ1) is 9.33. The average Bonchev–Trinajstić information content (AvgIpc) is 2.46. The average molecular weight is 448 g/mol. The molecule has 107 valence electrons. The van der Waals surface area contributed by atoms with Gasteiger partial charge in [0.1, 0.15) is 5.56 Å². The Labute approximate surface area is 141 Å². The van der Waals surface area contributed by atoms with Crippen molar-refractivity contribution in [2.24, 2.45) is 0 Å². The minimum absolute atomic E-state index is 0. The van der Waals surface area contributed by atoms with Gasteiger partial charge < -0.3 is 14.7 Å². The zero-order valence-corrected chi connectivity index (χ0v) is 14.8. The van der Waals surface area contributed by atoms with E-state index in [-0.39, 0.29) is 35.0 Å². The van der Waals surface area contributed by atoms with Crippen molar-refractivity contribution in [1.29, 1.82) is 0 Å². The van der Waals surface area contributed by atoms with Crippen molar-refractivity contribution in [3.8, 4) is 0 Å². The molecule has 3 nitrogen and oxygen atoms in total. The number of aromatic nitrogens is 1. The fourth-order valence-corrected chi connectivity index (χ4v) is 2.53. The van der Waals surface area contributed by atoms with E-state index < -0.39 is 0 Å². The number of nitrogens with zero attached hydrogens (tertiary/aromatic N) is 1. The number of nitrogens with one attached hydrogen (secondary N) is 1. The molecule has 1 aromatic heterocycles. The van der Waals surface area contributed by atoms with Crippen LogP contribution >= 0.6 is 0 Å². The molecule has 3 radical (unpaired) electrons. The molecular weight excluding hydrogens is 431 g/mol. The quantitative estimate of drug-likeness (QED) is 0.566. The number of benzene rings is 1. The molecule has 0 amide bonds. The normalized spacial score (nSPS) is 12.8.